The molecule has 2 aromatic heterocycles. The minimum atomic E-state index is 0.639. The highest BCUT2D eigenvalue weighted by molar-refractivity contribution is 5.82. The number of para-hydroxylation sites is 2. The van der Waals surface area contributed by atoms with Crippen molar-refractivity contribution in [3.05, 3.63) is 30.5 Å². The first-order chi connectivity index (χ1) is 8.72. The Labute approximate surface area is 105 Å². The van der Waals surface area contributed by atoms with Crippen LogP contribution in [0.15, 0.2) is 30.5 Å². The Morgan fingerprint density at radius 2 is 2.06 bits per heavy atom. The maximum atomic E-state index is 6.03. The Bertz CT molecular complexity index is 707. The highest BCUT2D eigenvalue weighted by atomic mass is 15.3. The molecule has 0 amide bonds. The van der Waals surface area contributed by atoms with Gasteiger partial charge in [-0.15, -0.1) is 0 Å². The van der Waals surface area contributed by atoms with Gasteiger partial charge in [0.25, 0.3) is 0 Å². The third kappa shape index (κ3) is 1.40. The molecule has 0 spiro atoms. The van der Waals surface area contributed by atoms with Crippen LogP contribution in [0.1, 0.15) is 6.92 Å². The summed E-state index contributed by atoms with van der Waals surface area (Å²) in [4.78, 5) is 4.66. The van der Waals surface area contributed by atoms with E-state index in [1.54, 1.807) is 10.9 Å². The van der Waals surface area contributed by atoms with Crippen LogP contribution in [0.2, 0.25) is 0 Å². The number of hydrogen-bond donors (Lipinski definition) is 1. The molecule has 0 saturated carbocycles. The molecule has 0 aliphatic carbocycles. The minimum Gasteiger partial charge on any atom is -0.383 e. The van der Waals surface area contributed by atoms with Crippen molar-refractivity contribution < 1.29 is 0 Å². The van der Waals surface area contributed by atoms with Gasteiger partial charge in [0.15, 0.2) is 0 Å². The van der Waals surface area contributed by atoms with E-state index in [1.165, 1.54) is 0 Å². The second kappa shape index (κ2) is 3.87. The van der Waals surface area contributed by atoms with Gasteiger partial charge in [-0.25, -0.2) is 4.98 Å². The highest BCUT2D eigenvalue weighted by Crippen LogP contribution is 2.28. The smallest absolute Gasteiger partial charge is 0.146 e. The van der Waals surface area contributed by atoms with Gasteiger partial charge in [-0.2, -0.15) is 5.10 Å². The molecule has 18 heavy (non-hydrogen) atoms. The Morgan fingerprint density at radius 3 is 2.72 bits per heavy atom. The van der Waals surface area contributed by atoms with Gasteiger partial charge in [0.2, 0.25) is 0 Å². The largest absolute Gasteiger partial charge is 0.383 e. The predicted octanol–water partition coefficient (Wildman–Crippen LogP) is 2.04. The van der Waals surface area contributed by atoms with Crippen molar-refractivity contribution in [3.8, 4) is 11.4 Å². The van der Waals surface area contributed by atoms with Gasteiger partial charge in [0.1, 0.15) is 11.6 Å². The van der Waals surface area contributed by atoms with E-state index in [0.29, 0.717) is 5.82 Å². The molecule has 3 aromatic rings. The summed E-state index contributed by atoms with van der Waals surface area (Å²) in [6.45, 7) is 2.95. The number of aromatic nitrogens is 4. The van der Waals surface area contributed by atoms with Crippen molar-refractivity contribution in [3.63, 3.8) is 0 Å². The molecule has 3 rings (SSSR count). The van der Waals surface area contributed by atoms with Crippen LogP contribution in [-0.2, 0) is 13.6 Å². The van der Waals surface area contributed by atoms with Crippen LogP contribution in [0.3, 0.4) is 0 Å². The van der Waals surface area contributed by atoms with Crippen LogP contribution in [0.25, 0.3) is 22.4 Å². The number of fused-ring (bicyclic) bond motifs is 1. The maximum absolute atomic E-state index is 6.03. The molecule has 1 aromatic carbocycles. The van der Waals surface area contributed by atoms with Crippen LogP contribution in [0, 0.1) is 0 Å². The highest BCUT2D eigenvalue weighted by Gasteiger charge is 2.15. The van der Waals surface area contributed by atoms with Gasteiger partial charge < -0.3 is 10.3 Å². The number of nitrogen functional groups attached to an aromatic ring is 1. The van der Waals surface area contributed by atoms with E-state index in [0.717, 1.165) is 29.0 Å². The average Bonchev–Trinajstić information content (AvgIpc) is 2.91. The quantitative estimate of drug-likeness (QED) is 0.746. The summed E-state index contributed by atoms with van der Waals surface area (Å²) in [6, 6.07) is 8.09. The Kier molecular flexibility index (Phi) is 2.33. The number of nitrogens with zero attached hydrogens (tertiary/aromatic N) is 4. The molecule has 0 saturated heterocycles. The first-order valence-corrected chi connectivity index (χ1v) is 5.95. The summed E-state index contributed by atoms with van der Waals surface area (Å²) in [5.41, 5.74) is 9.02. The van der Waals surface area contributed by atoms with Gasteiger partial charge in [0, 0.05) is 13.6 Å². The van der Waals surface area contributed by atoms with Crippen molar-refractivity contribution in [1.29, 1.82) is 0 Å². The normalized spacial score (nSPS) is 11.2. The second-order valence-corrected chi connectivity index (χ2v) is 4.24. The van der Waals surface area contributed by atoms with E-state index in [-0.39, 0.29) is 0 Å². The van der Waals surface area contributed by atoms with Crippen LogP contribution in [0.4, 0.5) is 5.82 Å². The summed E-state index contributed by atoms with van der Waals surface area (Å²) >= 11 is 0. The van der Waals surface area contributed by atoms with Crippen LogP contribution in [0.5, 0.6) is 0 Å². The predicted molar refractivity (Wildman–Crippen MR) is 72.0 cm³/mol. The molecule has 0 aliphatic heterocycles. The molecule has 0 fully saturated rings. The topological polar surface area (TPSA) is 61.7 Å². The van der Waals surface area contributed by atoms with E-state index in [9.17, 15) is 0 Å². The molecule has 0 unspecified atom stereocenters. The fourth-order valence-electron chi connectivity index (χ4n) is 2.22. The van der Waals surface area contributed by atoms with E-state index < -0.39 is 0 Å². The van der Waals surface area contributed by atoms with Crippen LogP contribution in [-0.4, -0.2) is 19.3 Å². The van der Waals surface area contributed by atoms with Crippen molar-refractivity contribution in [1.82, 2.24) is 19.3 Å². The molecule has 2 N–H and O–H groups in total. The summed E-state index contributed by atoms with van der Waals surface area (Å²) in [5, 5.41) is 4.18. The minimum absolute atomic E-state index is 0.639. The lowest BCUT2D eigenvalue weighted by Gasteiger charge is -2.05. The molecule has 0 bridgehead atoms. The standard InChI is InChI=1S/C13H15N5/c1-3-18-11-7-5-4-6-10(11)16-13(18)9-8-15-17(2)12(9)14/h4-8H,3,14H2,1-2H3. The van der Waals surface area contributed by atoms with Crippen molar-refractivity contribution in [2.24, 2.45) is 7.05 Å². The average molecular weight is 241 g/mol. The lowest BCUT2D eigenvalue weighted by Crippen LogP contribution is -2.01. The molecular formula is C13H15N5. The summed E-state index contributed by atoms with van der Waals surface area (Å²) < 4.78 is 3.82. The Hall–Kier alpha value is -2.30. The third-order valence-corrected chi connectivity index (χ3v) is 3.20. The van der Waals surface area contributed by atoms with Gasteiger partial charge in [-0.1, -0.05) is 12.1 Å². The number of rotatable bonds is 2. The first kappa shape index (κ1) is 10.8. The maximum Gasteiger partial charge on any atom is 0.146 e. The van der Waals surface area contributed by atoms with Gasteiger partial charge in [-0.05, 0) is 19.1 Å². The molecule has 5 heteroatoms. The first-order valence-electron chi connectivity index (χ1n) is 5.95. The van der Waals surface area contributed by atoms with E-state index in [1.807, 2.05) is 25.2 Å². The zero-order valence-corrected chi connectivity index (χ0v) is 10.5. The van der Waals surface area contributed by atoms with Gasteiger partial charge >= 0.3 is 0 Å². The lowest BCUT2D eigenvalue weighted by molar-refractivity contribution is 0.778. The van der Waals surface area contributed by atoms with E-state index >= 15 is 0 Å². The fraction of sp³-hybridized carbons (Fsp3) is 0.231. The number of hydrogen-bond acceptors (Lipinski definition) is 3. The van der Waals surface area contributed by atoms with Gasteiger partial charge in [-0.3, -0.25) is 4.68 Å². The van der Waals surface area contributed by atoms with Crippen molar-refractivity contribution in [2.45, 2.75) is 13.5 Å². The molecular weight excluding hydrogens is 226 g/mol. The second-order valence-electron chi connectivity index (χ2n) is 4.24. The molecule has 0 atom stereocenters. The monoisotopic (exact) mass is 241 g/mol. The Morgan fingerprint density at radius 1 is 1.28 bits per heavy atom. The zero-order valence-electron chi connectivity index (χ0n) is 10.5. The SMILES string of the molecule is CCn1c(-c2cnn(C)c2N)nc2ccccc21. The number of nitrogens with two attached hydrogens (primary N) is 1. The number of benzene rings is 1. The molecule has 5 nitrogen and oxygen atoms in total. The molecule has 2 heterocycles. The van der Waals surface area contributed by atoms with Crippen molar-refractivity contribution >= 4 is 16.9 Å². The van der Waals surface area contributed by atoms with E-state index in [4.69, 9.17) is 5.73 Å². The van der Waals surface area contributed by atoms with Crippen LogP contribution >= 0.6 is 0 Å². The fourth-order valence-corrected chi connectivity index (χ4v) is 2.22. The molecule has 0 aliphatic rings. The summed E-state index contributed by atoms with van der Waals surface area (Å²) in [5.74, 6) is 1.52. The Balaban J connectivity index is 2.32. The van der Waals surface area contributed by atoms with Crippen molar-refractivity contribution in [2.75, 3.05) is 5.73 Å². The lowest BCUT2D eigenvalue weighted by atomic mass is 10.3. The zero-order chi connectivity index (χ0) is 12.7. The van der Waals surface area contributed by atoms with Gasteiger partial charge in [0.05, 0.1) is 22.8 Å². The third-order valence-electron chi connectivity index (χ3n) is 3.20. The summed E-state index contributed by atoms with van der Waals surface area (Å²) in [7, 11) is 1.83. The molecule has 0 radical (unpaired) electrons. The number of imidazole rings is 1. The number of aryl methyl sites for hydroxylation is 2. The molecule has 92 valence electrons. The summed E-state index contributed by atoms with van der Waals surface area (Å²) in [6.07, 6.45) is 1.77. The van der Waals surface area contributed by atoms with E-state index in [2.05, 4.69) is 27.6 Å². The van der Waals surface area contributed by atoms with Crippen LogP contribution < -0.4 is 5.73 Å². The number of anilines is 1.